The van der Waals surface area contributed by atoms with Crippen molar-refractivity contribution in [2.75, 3.05) is 6.61 Å². The van der Waals surface area contributed by atoms with Gasteiger partial charge in [0.1, 0.15) is 11.5 Å². The maximum absolute atomic E-state index is 11.9. The Morgan fingerprint density at radius 1 is 1.15 bits per heavy atom. The number of ether oxygens (including phenoxy) is 1. The zero-order valence-corrected chi connectivity index (χ0v) is 11.6. The molecule has 4 heteroatoms. The molecule has 0 aliphatic heterocycles. The van der Waals surface area contributed by atoms with Crippen LogP contribution in [0.15, 0.2) is 42.7 Å². The fourth-order valence-corrected chi connectivity index (χ4v) is 1.89. The minimum absolute atomic E-state index is 0.00999. The first-order chi connectivity index (χ1) is 9.54. The molecule has 0 atom stereocenters. The Bertz CT molecular complexity index is 611. The van der Waals surface area contributed by atoms with Crippen LogP contribution in [0, 0.1) is 0 Å². The van der Waals surface area contributed by atoms with Crippen LogP contribution in [0.4, 0.5) is 0 Å². The number of aromatic nitrogens is 1. The first-order valence-electron chi connectivity index (χ1n) is 6.41. The van der Waals surface area contributed by atoms with Gasteiger partial charge in [0.2, 0.25) is 5.78 Å². The zero-order valence-electron chi connectivity index (χ0n) is 11.6. The Hall–Kier alpha value is -2.36. The Kier molecular flexibility index (Phi) is 4.35. The van der Waals surface area contributed by atoms with Gasteiger partial charge in [-0.1, -0.05) is 12.1 Å². The molecular formula is C16H17NO3. The maximum Gasteiger partial charge on any atom is 0.201 e. The molecule has 0 aliphatic carbocycles. The molecule has 0 N–H and O–H groups in total. The monoisotopic (exact) mass is 271 g/mol. The number of carbonyl (C=O) groups excluding carboxylic acids is 2. The normalized spacial score (nSPS) is 10.3. The van der Waals surface area contributed by atoms with Crippen molar-refractivity contribution >= 4 is 11.6 Å². The summed E-state index contributed by atoms with van der Waals surface area (Å²) in [5, 5.41) is 0. The van der Waals surface area contributed by atoms with E-state index in [4.69, 9.17) is 4.74 Å². The average Bonchev–Trinajstić information content (AvgIpc) is 2.84. The van der Waals surface area contributed by atoms with Gasteiger partial charge in [-0.15, -0.1) is 0 Å². The Labute approximate surface area is 118 Å². The summed E-state index contributed by atoms with van der Waals surface area (Å²) in [6.45, 7) is 1.57. The van der Waals surface area contributed by atoms with Crippen molar-refractivity contribution in [3.63, 3.8) is 0 Å². The lowest BCUT2D eigenvalue weighted by Crippen LogP contribution is -2.11. The Morgan fingerprint density at radius 2 is 1.85 bits per heavy atom. The van der Waals surface area contributed by atoms with E-state index in [1.165, 1.54) is 0 Å². The van der Waals surface area contributed by atoms with Gasteiger partial charge in [-0.05, 0) is 30.7 Å². The summed E-state index contributed by atoms with van der Waals surface area (Å²) in [5.41, 5.74) is 1.58. The summed E-state index contributed by atoms with van der Waals surface area (Å²) in [5.74, 6) is 0.693. The number of hydrogen-bond acceptors (Lipinski definition) is 3. The molecule has 2 rings (SSSR count). The number of carbonyl (C=O) groups is 2. The zero-order chi connectivity index (χ0) is 14.5. The van der Waals surface area contributed by atoms with Crippen LogP contribution >= 0.6 is 0 Å². The van der Waals surface area contributed by atoms with Gasteiger partial charge in [0.15, 0.2) is 6.61 Å². The van der Waals surface area contributed by atoms with E-state index >= 15 is 0 Å². The molecule has 0 fully saturated rings. The number of aryl methyl sites for hydroxylation is 1. The van der Waals surface area contributed by atoms with E-state index in [1.54, 1.807) is 31.3 Å². The lowest BCUT2D eigenvalue weighted by molar-refractivity contribution is -0.116. The molecule has 0 amide bonds. The van der Waals surface area contributed by atoms with E-state index in [9.17, 15) is 9.59 Å². The Morgan fingerprint density at radius 3 is 2.40 bits per heavy atom. The highest BCUT2D eigenvalue weighted by Gasteiger charge is 2.08. The van der Waals surface area contributed by atoms with E-state index in [2.05, 4.69) is 0 Å². The third-order valence-corrected chi connectivity index (χ3v) is 2.90. The summed E-state index contributed by atoms with van der Waals surface area (Å²) in [7, 11) is 1.87. The quantitative estimate of drug-likeness (QED) is 0.758. The van der Waals surface area contributed by atoms with Gasteiger partial charge in [0, 0.05) is 31.4 Å². The second-order valence-electron chi connectivity index (χ2n) is 4.80. The number of Topliss-reactive ketones (excluding diaryl/α,β-unsaturated/α-hetero) is 2. The van der Waals surface area contributed by atoms with Crippen LogP contribution in [-0.4, -0.2) is 22.7 Å². The van der Waals surface area contributed by atoms with Crippen molar-refractivity contribution in [2.24, 2.45) is 7.05 Å². The van der Waals surface area contributed by atoms with Crippen LogP contribution in [0.3, 0.4) is 0 Å². The number of hydrogen-bond donors (Lipinski definition) is 0. The van der Waals surface area contributed by atoms with Crippen molar-refractivity contribution in [3.8, 4) is 5.75 Å². The van der Waals surface area contributed by atoms with Crippen molar-refractivity contribution in [1.29, 1.82) is 0 Å². The van der Waals surface area contributed by atoms with Crippen LogP contribution in [0.1, 0.15) is 22.8 Å². The smallest absolute Gasteiger partial charge is 0.201 e. The molecule has 4 nitrogen and oxygen atoms in total. The van der Waals surface area contributed by atoms with E-state index < -0.39 is 0 Å². The molecule has 1 heterocycles. The second-order valence-corrected chi connectivity index (χ2v) is 4.80. The predicted octanol–water partition coefficient (Wildman–Crippen LogP) is 2.42. The highest BCUT2D eigenvalue weighted by atomic mass is 16.5. The standard InChI is InChI=1S/C16H17NO3/c1-12(18)9-13-3-5-15(6-4-13)20-11-16(19)14-7-8-17(2)10-14/h3-8,10H,9,11H2,1-2H3. The van der Waals surface area contributed by atoms with Crippen molar-refractivity contribution < 1.29 is 14.3 Å². The van der Waals surface area contributed by atoms with E-state index in [-0.39, 0.29) is 18.2 Å². The highest BCUT2D eigenvalue weighted by Crippen LogP contribution is 2.13. The van der Waals surface area contributed by atoms with Gasteiger partial charge in [-0.25, -0.2) is 0 Å². The third-order valence-electron chi connectivity index (χ3n) is 2.90. The number of nitrogens with zero attached hydrogens (tertiary/aromatic N) is 1. The molecule has 20 heavy (non-hydrogen) atoms. The Balaban J connectivity index is 1.90. The van der Waals surface area contributed by atoms with E-state index in [1.807, 2.05) is 29.9 Å². The van der Waals surface area contributed by atoms with Gasteiger partial charge in [0.05, 0.1) is 0 Å². The fraction of sp³-hybridized carbons (Fsp3) is 0.250. The van der Waals surface area contributed by atoms with Crippen LogP contribution in [0.5, 0.6) is 5.75 Å². The minimum atomic E-state index is -0.0570. The molecule has 1 aromatic heterocycles. The van der Waals surface area contributed by atoms with E-state index in [0.717, 1.165) is 5.56 Å². The average molecular weight is 271 g/mol. The first kappa shape index (κ1) is 14.1. The molecule has 104 valence electrons. The molecule has 0 aliphatic rings. The maximum atomic E-state index is 11.9. The SMILES string of the molecule is CC(=O)Cc1ccc(OCC(=O)c2ccn(C)c2)cc1. The number of rotatable bonds is 6. The topological polar surface area (TPSA) is 48.3 Å². The van der Waals surface area contributed by atoms with Crippen molar-refractivity contribution in [2.45, 2.75) is 13.3 Å². The van der Waals surface area contributed by atoms with E-state index in [0.29, 0.717) is 17.7 Å². The summed E-state index contributed by atoms with van der Waals surface area (Å²) >= 11 is 0. The van der Waals surface area contributed by atoms with Crippen LogP contribution in [0.2, 0.25) is 0 Å². The van der Waals surface area contributed by atoms with Gasteiger partial charge in [-0.2, -0.15) is 0 Å². The van der Waals surface area contributed by atoms with Crippen molar-refractivity contribution in [3.05, 3.63) is 53.9 Å². The molecule has 0 spiro atoms. The summed E-state index contributed by atoms with van der Waals surface area (Å²) in [6, 6.07) is 8.99. The molecule has 0 bridgehead atoms. The van der Waals surface area contributed by atoms with Gasteiger partial charge in [-0.3, -0.25) is 9.59 Å². The predicted molar refractivity (Wildman–Crippen MR) is 76.1 cm³/mol. The third kappa shape index (κ3) is 3.82. The van der Waals surface area contributed by atoms with Crippen LogP contribution < -0.4 is 4.74 Å². The molecule has 1 aromatic carbocycles. The van der Waals surface area contributed by atoms with Gasteiger partial charge in [0.25, 0.3) is 0 Å². The molecule has 0 unspecified atom stereocenters. The summed E-state index contributed by atoms with van der Waals surface area (Å²) in [4.78, 5) is 22.9. The van der Waals surface area contributed by atoms with Crippen molar-refractivity contribution in [1.82, 2.24) is 4.57 Å². The first-order valence-corrected chi connectivity index (χ1v) is 6.41. The number of ketones is 2. The molecule has 0 radical (unpaired) electrons. The van der Waals surface area contributed by atoms with Gasteiger partial charge < -0.3 is 9.30 Å². The largest absolute Gasteiger partial charge is 0.485 e. The fourth-order valence-electron chi connectivity index (χ4n) is 1.89. The summed E-state index contributed by atoms with van der Waals surface area (Å²) in [6.07, 6.45) is 4.01. The highest BCUT2D eigenvalue weighted by molar-refractivity contribution is 5.97. The van der Waals surface area contributed by atoms with Crippen LogP contribution in [0.25, 0.3) is 0 Å². The molecule has 2 aromatic rings. The molecule has 0 saturated carbocycles. The minimum Gasteiger partial charge on any atom is -0.485 e. The molecular weight excluding hydrogens is 254 g/mol. The van der Waals surface area contributed by atoms with Gasteiger partial charge >= 0.3 is 0 Å². The lowest BCUT2D eigenvalue weighted by Gasteiger charge is -2.05. The van der Waals surface area contributed by atoms with Crippen LogP contribution in [-0.2, 0) is 18.3 Å². The second kappa shape index (κ2) is 6.19. The summed E-state index contributed by atoms with van der Waals surface area (Å²) < 4.78 is 7.27. The molecule has 0 saturated heterocycles. The number of benzene rings is 1. The lowest BCUT2D eigenvalue weighted by atomic mass is 10.1.